The van der Waals surface area contributed by atoms with E-state index >= 15 is 0 Å². The van der Waals surface area contributed by atoms with E-state index in [2.05, 4.69) is 59.0 Å². The van der Waals surface area contributed by atoms with Crippen molar-refractivity contribution in [2.75, 3.05) is 6.54 Å². The van der Waals surface area contributed by atoms with Gasteiger partial charge in [0.2, 0.25) is 0 Å². The summed E-state index contributed by atoms with van der Waals surface area (Å²) in [7, 11) is 0. The number of ketones is 1. The van der Waals surface area contributed by atoms with Crippen molar-refractivity contribution in [2.45, 2.75) is 145 Å². The largest absolute Gasteiger partial charge is 0.481 e. The van der Waals surface area contributed by atoms with Crippen LogP contribution >= 0.6 is 11.6 Å². The molecule has 0 amide bonds. The molecule has 6 aliphatic carbocycles. The maximum atomic E-state index is 14.0. The van der Waals surface area contributed by atoms with E-state index in [1.54, 1.807) is 19.4 Å². The zero-order valence-electron chi connectivity index (χ0n) is 32.5. The molecule has 0 heterocycles. The van der Waals surface area contributed by atoms with Gasteiger partial charge in [0.15, 0.2) is 5.78 Å². The Morgan fingerprint density at radius 2 is 1.63 bits per heavy atom. The molecular weight excluding hydrogens is 658 g/mol. The number of hydrogen-bond donors (Lipinski definition) is 2. The zero-order chi connectivity index (χ0) is 37.0. The lowest BCUT2D eigenvalue weighted by molar-refractivity contribution is -0.218. The number of carbonyl (C=O) groups is 3. The van der Waals surface area contributed by atoms with E-state index in [0.717, 1.165) is 68.6 Å². The Bertz CT molecular complexity index is 1650. The summed E-state index contributed by atoms with van der Waals surface area (Å²) in [6.45, 7) is 19.6. The van der Waals surface area contributed by atoms with Crippen LogP contribution in [0.25, 0.3) is 0 Å². The van der Waals surface area contributed by atoms with Crippen LogP contribution in [0.5, 0.6) is 0 Å². The molecule has 51 heavy (non-hydrogen) atoms. The summed E-state index contributed by atoms with van der Waals surface area (Å²) in [4.78, 5) is 38.8. The third-order valence-electron chi connectivity index (χ3n) is 17.0. The van der Waals surface area contributed by atoms with E-state index in [0.29, 0.717) is 24.0 Å². The molecule has 6 nitrogen and oxygen atoms in total. The van der Waals surface area contributed by atoms with E-state index in [-0.39, 0.29) is 56.9 Å². The van der Waals surface area contributed by atoms with Crippen LogP contribution in [0.3, 0.4) is 0 Å². The molecule has 0 saturated heterocycles. The molecule has 2 N–H and O–H groups in total. The number of halogens is 1. The van der Waals surface area contributed by atoms with Gasteiger partial charge in [-0.1, -0.05) is 70.8 Å². The monoisotopic (exact) mass is 719 g/mol. The number of rotatable bonds is 10. The molecule has 0 bridgehead atoms. The summed E-state index contributed by atoms with van der Waals surface area (Å²) >= 11 is 6.12. The molecule has 1 aromatic rings. The third kappa shape index (κ3) is 5.29. The van der Waals surface area contributed by atoms with Gasteiger partial charge < -0.3 is 15.2 Å². The van der Waals surface area contributed by atoms with Crippen molar-refractivity contribution in [1.29, 1.82) is 0 Å². The first-order valence-electron chi connectivity index (χ1n) is 20.0. The molecule has 1 unspecified atom stereocenters. The Morgan fingerprint density at radius 3 is 2.29 bits per heavy atom. The molecular formula is C44H62ClNO5. The van der Waals surface area contributed by atoms with E-state index in [1.165, 1.54) is 24.8 Å². The average Bonchev–Trinajstić information content (AvgIpc) is 3.58. The van der Waals surface area contributed by atoms with Crippen molar-refractivity contribution < 1.29 is 24.2 Å². The summed E-state index contributed by atoms with van der Waals surface area (Å²) < 4.78 is 6.21. The predicted molar refractivity (Wildman–Crippen MR) is 201 cm³/mol. The first-order valence-corrected chi connectivity index (χ1v) is 20.3. The van der Waals surface area contributed by atoms with Gasteiger partial charge in [-0.25, -0.2) is 0 Å². The molecule has 1 aromatic carbocycles. The molecule has 6 aliphatic rings. The van der Waals surface area contributed by atoms with Crippen LogP contribution in [-0.4, -0.2) is 35.5 Å². The number of allylic oxidation sites excluding steroid dienone is 2. The topological polar surface area (TPSA) is 92.7 Å². The van der Waals surface area contributed by atoms with Gasteiger partial charge in [0.1, 0.15) is 6.10 Å². The standard InChI is InChI=1S/C44H62ClNO5/c1-27(2)35-31(47)23-43(21-22-46-25-28-9-11-29(45)12-10-28)19-17-39(5)30(36(35)43)13-14-32-40(39,6)18-20-44-26-42(44,8)33(15-16-41(32,44)7)51-34(48)24-38(3,4)37(49)50/h9-12,27,30,32-33,46H,13-26H2,1-8H3,(H,49,50)/t30-,32+,33+,39-,40-,41-,42?,43-,44+/m1/s1. The van der Waals surface area contributed by atoms with E-state index in [9.17, 15) is 19.5 Å². The number of ether oxygens (including phenoxy) is 1. The number of nitrogens with one attached hydrogen (secondary N) is 1. The highest BCUT2D eigenvalue weighted by atomic mass is 35.5. The SMILES string of the molecule is CC(C)C1=C2[C@H]3CC[C@@H]4[C@@]5(C)CC[C@H](OC(=O)CC(C)(C)C(=O)O)C6(C)C[C@]65CC[C@@]4(C)[C@]3(C)CC[C@@]2(CCNCc2ccc(Cl)cc2)CC1=O. The van der Waals surface area contributed by atoms with Crippen LogP contribution in [0.4, 0.5) is 0 Å². The maximum Gasteiger partial charge on any atom is 0.309 e. The van der Waals surface area contributed by atoms with Crippen LogP contribution in [0, 0.1) is 55.7 Å². The number of fused-ring (bicyclic) bond motifs is 6. The van der Waals surface area contributed by atoms with Crippen LogP contribution < -0.4 is 5.32 Å². The lowest BCUT2D eigenvalue weighted by atomic mass is 9.33. The number of Topliss-reactive ketones (excluding diaryl/α,β-unsaturated/α-hetero) is 1. The molecule has 1 spiro atoms. The highest BCUT2D eigenvalue weighted by Crippen LogP contribution is 2.87. The number of benzene rings is 1. The van der Waals surface area contributed by atoms with Crippen LogP contribution in [0.2, 0.25) is 5.02 Å². The van der Waals surface area contributed by atoms with Gasteiger partial charge in [-0.05, 0) is 147 Å². The Kier molecular flexibility index (Phi) is 8.86. The minimum Gasteiger partial charge on any atom is -0.481 e. The van der Waals surface area contributed by atoms with Crippen LogP contribution in [0.15, 0.2) is 35.4 Å². The maximum absolute atomic E-state index is 14.0. The number of carbonyl (C=O) groups excluding carboxylic acids is 2. The highest BCUT2D eigenvalue weighted by Gasteiger charge is 2.82. The summed E-state index contributed by atoms with van der Waals surface area (Å²) in [6, 6.07) is 8.07. The molecule has 280 valence electrons. The molecule has 7 rings (SSSR count). The highest BCUT2D eigenvalue weighted by molar-refractivity contribution is 6.30. The summed E-state index contributed by atoms with van der Waals surface area (Å²) in [5, 5.41) is 14.1. The summed E-state index contributed by atoms with van der Waals surface area (Å²) in [6.07, 6.45) is 11.4. The molecule has 5 fully saturated rings. The smallest absolute Gasteiger partial charge is 0.309 e. The lowest BCUT2D eigenvalue weighted by Gasteiger charge is -2.71. The van der Waals surface area contributed by atoms with Gasteiger partial charge in [-0.3, -0.25) is 14.4 Å². The number of esters is 1. The normalized spacial score (nSPS) is 41.3. The fraction of sp³-hybridized carbons (Fsp3) is 0.750. The molecule has 7 heteroatoms. The van der Waals surface area contributed by atoms with Crippen LogP contribution in [-0.2, 0) is 25.7 Å². The predicted octanol–water partition coefficient (Wildman–Crippen LogP) is 9.97. The van der Waals surface area contributed by atoms with Crippen molar-refractivity contribution in [3.63, 3.8) is 0 Å². The fourth-order valence-electron chi connectivity index (χ4n) is 13.8. The average molecular weight is 720 g/mol. The first kappa shape index (κ1) is 37.1. The van der Waals surface area contributed by atoms with Gasteiger partial charge >= 0.3 is 11.9 Å². The zero-order valence-corrected chi connectivity index (χ0v) is 33.2. The van der Waals surface area contributed by atoms with Gasteiger partial charge in [0.25, 0.3) is 0 Å². The number of carboxylic acid groups (broad SMARTS) is 1. The molecule has 0 aromatic heterocycles. The third-order valence-corrected chi connectivity index (χ3v) is 17.2. The van der Waals surface area contributed by atoms with Gasteiger partial charge in [-0.2, -0.15) is 0 Å². The van der Waals surface area contributed by atoms with Crippen molar-refractivity contribution in [2.24, 2.45) is 55.7 Å². The number of carboxylic acids is 1. The first-order chi connectivity index (χ1) is 23.8. The molecule has 0 radical (unpaired) electrons. The van der Waals surface area contributed by atoms with Crippen molar-refractivity contribution >= 4 is 29.3 Å². The van der Waals surface area contributed by atoms with Gasteiger partial charge in [0.05, 0.1) is 11.8 Å². The minimum absolute atomic E-state index is 0.0386. The number of aliphatic carboxylic acids is 1. The summed E-state index contributed by atoms with van der Waals surface area (Å²) in [5.74, 6) is 0.312. The second kappa shape index (κ2) is 12.2. The van der Waals surface area contributed by atoms with E-state index < -0.39 is 11.4 Å². The van der Waals surface area contributed by atoms with Gasteiger partial charge in [-0.15, -0.1) is 0 Å². The van der Waals surface area contributed by atoms with Gasteiger partial charge in [0, 0.05) is 28.8 Å². The molecule has 9 atom stereocenters. The Morgan fingerprint density at radius 1 is 0.941 bits per heavy atom. The van der Waals surface area contributed by atoms with E-state index in [4.69, 9.17) is 16.3 Å². The molecule has 0 aliphatic heterocycles. The van der Waals surface area contributed by atoms with Crippen molar-refractivity contribution in [1.82, 2.24) is 5.32 Å². The minimum atomic E-state index is -1.14. The summed E-state index contributed by atoms with van der Waals surface area (Å²) in [5.41, 5.74) is 3.29. The Labute approximate surface area is 311 Å². The van der Waals surface area contributed by atoms with E-state index in [1.807, 2.05) is 12.1 Å². The Balaban J connectivity index is 1.13. The fourth-order valence-corrected chi connectivity index (χ4v) is 14.0. The quantitative estimate of drug-likeness (QED) is 0.185. The van der Waals surface area contributed by atoms with Crippen molar-refractivity contribution in [3.05, 3.63) is 46.0 Å². The number of hydrogen-bond acceptors (Lipinski definition) is 5. The second-order valence-corrected chi connectivity index (χ2v) is 20.3. The second-order valence-electron chi connectivity index (χ2n) is 19.9. The lowest BCUT2D eigenvalue weighted by Crippen LogP contribution is -2.64. The Hall–Kier alpha value is -2.18. The molecule has 5 saturated carbocycles. The van der Waals surface area contributed by atoms with Crippen LogP contribution in [0.1, 0.15) is 138 Å². The van der Waals surface area contributed by atoms with Crippen molar-refractivity contribution in [3.8, 4) is 0 Å².